The second-order valence-electron chi connectivity index (χ2n) is 6.42. The van der Waals surface area contributed by atoms with Gasteiger partial charge in [-0.15, -0.1) is 0 Å². The Kier molecular flexibility index (Phi) is 4.47. The molecular weight excluding hydrogens is 356 g/mol. The van der Waals surface area contributed by atoms with Gasteiger partial charge in [0, 0.05) is 23.8 Å². The molecule has 5 nitrogen and oxygen atoms in total. The van der Waals surface area contributed by atoms with E-state index in [1.54, 1.807) is 6.08 Å². The van der Waals surface area contributed by atoms with Gasteiger partial charge in [-0.3, -0.25) is 9.69 Å². The minimum absolute atomic E-state index is 0.195. The van der Waals surface area contributed by atoms with E-state index in [1.807, 2.05) is 25.3 Å². The van der Waals surface area contributed by atoms with Crippen LogP contribution in [0.5, 0.6) is 0 Å². The molecule has 2 heterocycles. The lowest BCUT2D eigenvalue weighted by Crippen LogP contribution is -2.40. The Hall–Kier alpha value is -2.12. The molecule has 0 bridgehead atoms. The highest BCUT2D eigenvalue weighted by molar-refractivity contribution is 8.26. The number of likely N-dealkylation sites (N-methyl/N-ethyl adjacent to an activating group) is 1. The molecule has 1 aromatic rings. The van der Waals surface area contributed by atoms with Crippen molar-refractivity contribution in [3.05, 3.63) is 52.6 Å². The van der Waals surface area contributed by atoms with Crippen molar-refractivity contribution in [3.8, 4) is 0 Å². The number of thioether (sulfide) groups is 1. The quantitative estimate of drug-likeness (QED) is 0.595. The van der Waals surface area contributed by atoms with Gasteiger partial charge in [0.15, 0.2) is 0 Å². The molecule has 25 heavy (non-hydrogen) atoms. The molecule has 130 valence electrons. The van der Waals surface area contributed by atoms with Crippen LogP contribution in [0.4, 0.5) is 5.69 Å². The third kappa shape index (κ3) is 2.98. The average Bonchev–Trinajstić information content (AvgIpc) is 2.92. The van der Waals surface area contributed by atoms with Crippen molar-refractivity contribution in [3.63, 3.8) is 0 Å². The SMILES string of the molecule is CN1/C(=C\C=C2\SC(=S)N(CC(=O)[O-])C2=O)C(C)(C)c2ccccc21. The van der Waals surface area contributed by atoms with Crippen LogP contribution >= 0.6 is 24.0 Å². The molecule has 1 aromatic carbocycles. The Morgan fingerprint density at radius 3 is 2.64 bits per heavy atom. The molecule has 0 N–H and O–H groups in total. The number of amides is 1. The number of carbonyl (C=O) groups is 2. The number of carboxylic acid groups (broad SMARTS) is 1. The van der Waals surface area contributed by atoms with Crippen LogP contribution < -0.4 is 10.0 Å². The standard InChI is InChI=1S/C18H18N2O3S2/c1-18(2)11-6-4-5-7-12(11)19(3)14(18)9-8-13-16(23)20(10-15(21)22)17(24)25-13/h4-9H,10H2,1-3H3,(H,21,22)/p-1/b13-8+,14-9-. The molecule has 7 heteroatoms. The first kappa shape index (κ1) is 17.7. The number of aliphatic carboxylic acids is 1. The molecular formula is C18H17N2O3S2-. The second-order valence-corrected chi connectivity index (χ2v) is 8.09. The van der Waals surface area contributed by atoms with Crippen LogP contribution in [0.1, 0.15) is 19.4 Å². The summed E-state index contributed by atoms with van der Waals surface area (Å²) >= 11 is 6.20. The molecule has 0 saturated carbocycles. The van der Waals surface area contributed by atoms with Gasteiger partial charge in [-0.1, -0.05) is 56.0 Å². The summed E-state index contributed by atoms with van der Waals surface area (Å²) in [7, 11) is 1.99. The number of allylic oxidation sites excluding steroid dienone is 3. The normalized spacial score (nSPS) is 22.2. The highest BCUT2D eigenvalue weighted by Crippen LogP contribution is 2.46. The average molecular weight is 373 g/mol. The van der Waals surface area contributed by atoms with E-state index in [2.05, 4.69) is 30.9 Å². The largest absolute Gasteiger partial charge is 0.548 e. The maximum Gasteiger partial charge on any atom is 0.266 e. The van der Waals surface area contributed by atoms with Crippen LogP contribution in [0.15, 0.2) is 47.0 Å². The van der Waals surface area contributed by atoms with Gasteiger partial charge >= 0.3 is 0 Å². The Balaban J connectivity index is 1.92. The maximum atomic E-state index is 12.3. The zero-order valence-corrected chi connectivity index (χ0v) is 15.7. The Morgan fingerprint density at radius 2 is 2.00 bits per heavy atom. The zero-order valence-electron chi connectivity index (χ0n) is 14.1. The maximum absolute atomic E-state index is 12.3. The van der Waals surface area contributed by atoms with E-state index in [0.29, 0.717) is 4.91 Å². The van der Waals surface area contributed by atoms with Crippen LogP contribution in [0, 0.1) is 0 Å². The van der Waals surface area contributed by atoms with Crippen LogP contribution in [-0.4, -0.2) is 34.7 Å². The van der Waals surface area contributed by atoms with Crippen LogP contribution in [0.25, 0.3) is 0 Å². The number of fused-ring (bicyclic) bond motifs is 1. The number of para-hydroxylation sites is 1. The third-order valence-corrected chi connectivity index (χ3v) is 5.89. The number of hydrogen-bond donors (Lipinski definition) is 0. The molecule has 0 radical (unpaired) electrons. The number of hydrogen-bond acceptors (Lipinski definition) is 6. The second kappa shape index (κ2) is 6.31. The van der Waals surface area contributed by atoms with Crippen molar-refractivity contribution in [1.82, 2.24) is 4.90 Å². The molecule has 1 amide bonds. The molecule has 0 unspecified atom stereocenters. The summed E-state index contributed by atoms with van der Waals surface area (Å²) in [5.74, 6) is -1.73. The van der Waals surface area contributed by atoms with E-state index in [4.69, 9.17) is 12.2 Å². The predicted octanol–water partition coefficient (Wildman–Crippen LogP) is 1.79. The van der Waals surface area contributed by atoms with Crippen molar-refractivity contribution < 1.29 is 14.7 Å². The molecule has 1 fully saturated rings. The van der Waals surface area contributed by atoms with E-state index in [1.165, 1.54) is 5.56 Å². The monoisotopic (exact) mass is 373 g/mol. The summed E-state index contributed by atoms with van der Waals surface area (Å²) < 4.78 is 0.237. The van der Waals surface area contributed by atoms with Gasteiger partial charge in [-0.25, -0.2) is 0 Å². The molecule has 2 aliphatic rings. The van der Waals surface area contributed by atoms with Crippen LogP contribution in [0.3, 0.4) is 0 Å². The first-order valence-electron chi connectivity index (χ1n) is 7.72. The van der Waals surface area contributed by atoms with Gasteiger partial charge in [0.05, 0.1) is 17.4 Å². The fraction of sp³-hybridized carbons (Fsp3) is 0.278. The van der Waals surface area contributed by atoms with Gasteiger partial charge in [-0.05, 0) is 23.8 Å². The molecule has 0 aromatic heterocycles. The first-order chi connectivity index (χ1) is 11.7. The van der Waals surface area contributed by atoms with Gasteiger partial charge in [0.1, 0.15) is 4.32 Å². The van der Waals surface area contributed by atoms with Crippen molar-refractivity contribution in [2.75, 3.05) is 18.5 Å². The lowest BCUT2D eigenvalue weighted by atomic mass is 9.84. The number of thiocarbonyl (C=S) groups is 1. The summed E-state index contributed by atoms with van der Waals surface area (Å²) in [6, 6.07) is 8.19. The predicted molar refractivity (Wildman–Crippen MR) is 101 cm³/mol. The van der Waals surface area contributed by atoms with Gasteiger partial charge in [0.2, 0.25) is 0 Å². The number of benzene rings is 1. The molecule has 1 saturated heterocycles. The minimum atomic E-state index is -1.33. The first-order valence-corrected chi connectivity index (χ1v) is 8.95. The van der Waals surface area contributed by atoms with Crippen molar-refractivity contribution in [1.29, 1.82) is 0 Å². The molecule has 0 atom stereocenters. The lowest BCUT2D eigenvalue weighted by molar-refractivity contribution is -0.305. The van der Waals surface area contributed by atoms with E-state index in [-0.39, 0.29) is 9.74 Å². The minimum Gasteiger partial charge on any atom is -0.548 e. The number of nitrogens with zero attached hydrogens (tertiary/aromatic N) is 2. The summed E-state index contributed by atoms with van der Waals surface area (Å²) in [6.45, 7) is 3.75. The fourth-order valence-corrected chi connectivity index (χ4v) is 4.43. The number of anilines is 1. The summed E-state index contributed by atoms with van der Waals surface area (Å²) in [6.07, 6.45) is 3.62. The van der Waals surface area contributed by atoms with E-state index >= 15 is 0 Å². The van der Waals surface area contributed by atoms with Crippen molar-refractivity contribution in [2.45, 2.75) is 19.3 Å². The van der Waals surface area contributed by atoms with Gasteiger partial charge in [-0.2, -0.15) is 0 Å². The lowest BCUT2D eigenvalue weighted by Gasteiger charge is -2.23. The van der Waals surface area contributed by atoms with Crippen molar-refractivity contribution in [2.24, 2.45) is 0 Å². The highest BCUT2D eigenvalue weighted by Gasteiger charge is 2.38. The molecule has 3 rings (SSSR count). The third-order valence-electron chi connectivity index (χ3n) is 4.49. The van der Waals surface area contributed by atoms with E-state index in [9.17, 15) is 14.7 Å². The van der Waals surface area contributed by atoms with Crippen molar-refractivity contribution >= 4 is 45.9 Å². The molecule has 2 aliphatic heterocycles. The smallest absolute Gasteiger partial charge is 0.266 e. The summed E-state index contributed by atoms with van der Waals surface area (Å²) in [4.78, 5) is 26.7. The van der Waals surface area contributed by atoms with E-state index < -0.39 is 18.4 Å². The summed E-state index contributed by atoms with van der Waals surface area (Å²) in [5.41, 5.74) is 3.22. The van der Waals surface area contributed by atoms with Gasteiger partial charge < -0.3 is 14.8 Å². The van der Waals surface area contributed by atoms with Gasteiger partial charge in [0.25, 0.3) is 5.91 Å². The number of rotatable bonds is 3. The fourth-order valence-electron chi connectivity index (χ4n) is 3.24. The Labute approximate surface area is 156 Å². The van der Waals surface area contributed by atoms with Crippen LogP contribution in [-0.2, 0) is 15.0 Å². The Bertz CT molecular complexity index is 842. The van der Waals surface area contributed by atoms with E-state index in [0.717, 1.165) is 28.0 Å². The number of carbonyl (C=O) groups excluding carboxylic acids is 2. The summed E-state index contributed by atoms with van der Waals surface area (Å²) in [5, 5.41) is 10.8. The van der Waals surface area contributed by atoms with Crippen LogP contribution in [0.2, 0.25) is 0 Å². The number of carboxylic acids is 1. The topological polar surface area (TPSA) is 63.7 Å². The Morgan fingerprint density at radius 1 is 1.32 bits per heavy atom. The zero-order chi connectivity index (χ0) is 18.4. The highest BCUT2D eigenvalue weighted by atomic mass is 32.2. The molecule has 0 aliphatic carbocycles. The molecule has 0 spiro atoms.